The van der Waals surface area contributed by atoms with Gasteiger partial charge in [-0.25, -0.2) is 4.39 Å². The predicted octanol–water partition coefficient (Wildman–Crippen LogP) is 3.28. The van der Waals surface area contributed by atoms with Crippen LogP contribution in [0.4, 0.5) is 4.39 Å². The smallest absolute Gasteiger partial charge is 0.306 e. The largest absolute Gasteiger partial charge is 0.466 e. The molecule has 0 aliphatic heterocycles. The van der Waals surface area contributed by atoms with Gasteiger partial charge in [0, 0.05) is 17.9 Å². The average molecular weight is 232 g/mol. The number of hydrogen-bond acceptors (Lipinski definition) is 2. The van der Waals surface area contributed by atoms with E-state index in [9.17, 15) is 9.18 Å². The van der Waals surface area contributed by atoms with Crippen LogP contribution in [-0.2, 0) is 9.53 Å². The Morgan fingerprint density at radius 1 is 1.67 bits per heavy atom. The number of esters is 1. The molecule has 0 saturated heterocycles. The third-order valence-corrected chi connectivity index (χ3v) is 2.46. The molecule has 0 saturated carbocycles. The topological polar surface area (TPSA) is 26.3 Å². The standard InChI is InChI=1S/C11H13ClFO2/c1-2-15-11(14)6-4-8-3-5-9(13)7-10(8)12/h5,7H,2-4,6H2,1H3. The van der Waals surface area contributed by atoms with Crippen molar-refractivity contribution in [1.82, 2.24) is 0 Å². The molecule has 0 aromatic carbocycles. The summed E-state index contributed by atoms with van der Waals surface area (Å²) in [5.41, 5.74) is 0.881. The monoisotopic (exact) mass is 231 g/mol. The lowest BCUT2D eigenvalue weighted by molar-refractivity contribution is -0.143. The molecule has 1 aliphatic carbocycles. The molecule has 15 heavy (non-hydrogen) atoms. The van der Waals surface area contributed by atoms with Crippen molar-refractivity contribution in [3.63, 3.8) is 0 Å². The zero-order chi connectivity index (χ0) is 11.3. The molecule has 0 amide bonds. The van der Waals surface area contributed by atoms with Crippen LogP contribution in [0, 0.1) is 6.42 Å². The molecule has 0 aromatic rings. The van der Waals surface area contributed by atoms with E-state index in [1.54, 1.807) is 6.92 Å². The lowest BCUT2D eigenvalue weighted by Gasteiger charge is -2.12. The van der Waals surface area contributed by atoms with Gasteiger partial charge in [-0.05, 0) is 25.8 Å². The summed E-state index contributed by atoms with van der Waals surface area (Å²) in [5.74, 6) is -0.565. The second-order valence-corrected chi connectivity index (χ2v) is 3.60. The van der Waals surface area contributed by atoms with E-state index in [2.05, 4.69) is 0 Å². The Morgan fingerprint density at radius 3 is 3.00 bits per heavy atom. The number of allylic oxidation sites excluding steroid dienone is 4. The van der Waals surface area contributed by atoms with Gasteiger partial charge < -0.3 is 4.74 Å². The number of ether oxygens (including phenoxy) is 1. The van der Waals surface area contributed by atoms with Gasteiger partial charge in [0.1, 0.15) is 5.83 Å². The van der Waals surface area contributed by atoms with E-state index in [1.165, 1.54) is 12.5 Å². The Hall–Kier alpha value is -0.830. The first-order chi connectivity index (χ1) is 7.13. The van der Waals surface area contributed by atoms with E-state index in [1.807, 2.05) is 0 Å². The van der Waals surface area contributed by atoms with E-state index in [0.29, 0.717) is 30.9 Å². The molecule has 0 bridgehead atoms. The fourth-order valence-electron chi connectivity index (χ4n) is 1.31. The molecule has 0 spiro atoms. The molecular weight excluding hydrogens is 219 g/mol. The van der Waals surface area contributed by atoms with Gasteiger partial charge in [0.05, 0.1) is 6.61 Å². The third kappa shape index (κ3) is 4.04. The van der Waals surface area contributed by atoms with Gasteiger partial charge in [0.2, 0.25) is 0 Å². The quantitative estimate of drug-likeness (QED) is 0.694. The van der Waals surface area contributed by atoms with Gasteiger partial charge in [-0.2, -0.15) is 0 Å². The van der Waals surface area contributed by atoms with Gasteiger partial charge in [-0.15, -0.1) is 0 Å². The van der Waals surface area contributed by atoms with Gasteiger partial charge in [-0.1, -0.05) is 17.2 Å². The number of hydrogen-bond donors (Lipinski definition) is 0. The van der Waals surface area contributed by atoms with Crippen molar-refractivity contribution in [1.29, 1.82) is 0 Å². The Kier molecular flexibility index (Phi) is 4.82. The zero-order valence-electron chi connectivity index (χ0n) is 8.56. The van der Waals surface area contributed by atoms with Crippen LogP contribution in [0.3, 0.4) is 0 Å². The van der Waals surface area contributed by atoms with Crippen LogP contribution < -0.4 is 0 Å². The summed E-state index contributed by atoms with van der Waals surface area (Å²) in [6, 6.07) is 0. The molecule has 0 fully saturated rings. The predicted molar refractivity (Wildman–Crippen MR) is 56.9 cm³/mol. The molecule has 0 aromatic heterocycles. The summed E-state index contributed by atoms with van der Waals surface area (Å²) >= 11 is 5.83. The molecular formula is C11H13ClFO2. The summed E-state index contributed by atoms with van der Waals surface area (Å²) < 4.78 is 17.5. The fraction of sp³-hybridized carbons (Fsp3) is 0.455. The normalized spacial score (nSPS) is 16.3. The molecule has 4 heteroatoms. The first-order valence-electron chi connectivity index (χ1n) is 4.87. The Bertz CT molecular complexity index is 308. The van der Waals surface area contributed by atoms with Crippen LogP contribution in [0.5, 0.6) is 0 Å². The maximum Gasteiger partial charge on any atom is 0.306 e. The summed E-state index contributed by atoms with van der Waals surface area (Å²) in [7, 11) is 0. The number of carbonyl (C=O) groups excluding carboxylic acids is 1. The van der Waals surface area contributed by atoms with Crippen molar-refractivity contribution >= 4 is 17.6 Å². The summed E-state index contributed by atoms with van der Waals surface area (Å²) in [4.78, 5) is 11.1. The fourth-order valence-corrected chi connectivity index (χ4v) is 1.58. The second-order valence-electron chi connectivity index (χ2n) is 3.19. The van der Waals surface area contributed by atoms with E-state index in [0.717, 1.165) is 5.57 Å². The number of halogens is 2. The molecule has 0 N–H and O–H groups in total. The minimum Gasteiger partial charge on any atom is -0.466 e. The Labute approximate surface area is 93.7 Å². The number of rotatable bonds is 4. The van der Waals surface area contributed by atoms with Crippen LogP contribution in [0.1, 0.15) is 26.2 Å². The van der Waals surface area contributed by atoms with Crippen molar-refractivity contribution in [2.45, 2.75) is 26.2 Å². The Morgan fingerprint density at radius 2 is 2.40 bits per heavy atom. The van der Waals surface area contributed by atoms with Gasteiger partial charge in [-0.3, -0.25) is 4.79 Å². The molecule has 2 nitrogen and oxygen atoms in total. The first kappa shape index (κ1) is 12.2. The first-order valence-corrected chi connectivity index (χ1v) is 5.24. The highest BCUT2D eigenvalue weighted by Crippen LogP contribution is 2.29. The molecule has 0 heterocycles. The van der Waals surface area contributed by atoms with Crippen molar-refractivity contribution < 1.29 is 13.9 Å². The van der Waals surface area contributed by atoms with Crippen LogP contribution in [0.25, 0.3) is 0 Å². The van der Waals surface area contributed by atoms with E-state index in [-0.39, 0.29) is 11.8 Å². The summed E-state index contributed by atoms with van der Waals surface area (Å²) in [6.07, 6.45) is 4.01. The lowest BCUT2D eigenvalue weighted by atomic mass is 10.00. The minimum absolute atomic E-state index is 0.246. The highest BCUT2D eigenvalue weighted by atomic mass is 35.5. The molecule has 83 valence electrons. The Balaban J connectivity index is 2.45. The third-order valence-electron chi connectivity index (χ3n) is 2.08. The van der Waals surface area contributed by atoms with E-state index in [4.69, 9.17) is 16.3 Å². The molecule has 0 unspecified atom stereocenters. The van der Waals surface area contributed by atoms with Crippen molar-refractivity contribution in [3.8, 4) is 0 Å². The average Bonchev–Trinajstić information content (AvgIpc) is 2.17. The maximum absolute atomic E-state index is 12.7. The van der Waals surface area contributed by atoms with Crippen molar-refractivity contribution in [2.24, 2.45) is 0 Å². The van der Waals surface area contributed by atoms with Crippen LogP contribution in [-0.4, -0.2) is 12.6 Å². The molecule has 1 rings (SSSR count). The van der Waals surface area contributed by atoms with Crippen molar-refractivity contribution in [2.75, 3.05) is 6.61 Å². The van der Waals surface area contributed by atoms with Gasteiger partial charge in [0.25, 0.3) is 0 Å². The number of carbonyl (C=O) groups is 1. The van der Waals surface area contributed by atoms with E-state index < -0.39 is 0 Å². The molecule has 1 radical (unpaired) electrons. The van der Waals surface area contributed by atoms with E-state index >= 15 is 0 Å². The minimum atomic E-state index is -0.320. The van der Waals surface area contributed by atoms with Crippen LogP contribution in [0.15, 0.2) is 22.5 Å². The summed E-state index contributed by atoms with van der Waals surface area (Å²) in [6.45, 7) is 2.14. The van der Waals surface area contributed by atoms with Crippen LogP contribution in [0.2, 0.25) is 0 Å². The SMILES string of the molecule is CCOC(=O)CCC1=C(Cl)C=C(F)[CH]C1. The van der Waals surface area contributed by atoms with Crippen LogP contribution >= 0.6 is 11.6 Å². The highest BCUT2D eigenvalue weighted by molar-refractivity contribution is 6.31. The molecule has 1 aliphatic rings. The highest BCUT2D eigenvalue weighted by Gasteiger charge is 2.13. The second kappa shape index (κ2) is 5.91. The van der Waals surface area contributed by atoms with Gasteiger partial charge in [0.15, 0.2) is 0 Å². The maximum atomic E-state index is 12.7. The lowest BCUT2D eigenvalue weighted by Crippen LogP contribution is -2.05. The molecule has 0 atom stereocenters. The zero-order valence-corrected chi connectivity index (χ0v) is 9.31. The van der Waals surface area contributed by atoms with Gasteiger partial charge >= 0.3 is 5.97 Å². The summed E-state index contributed by atoms with van der Waals surface area (Å²) in [5, 5.41) is 0.402. The van der Waals surface area contributed by atoms with Crippen molar-refractivity contribution in [3.05, 3.63) is 28.9 Å².